The molecule has 1 N–H and O–H groups in total. The van der Waals surface area contributed by atoms with Gasteiger partial charge in [0, 0.05) is 11.1 Å². The van der Waals surface area contributed by atoms with Crippen LogP contribution >= 0.6 is 43.2 Å². The van der Waals surface area contributed by atoms with Crippen LogP contribution in [0.5, 0.6) is 5.75 Å². The third-order valence-electron chi connectivity index (χ3n) is 3.18. The van der Waals surface area contributed by atoms with Crippen molar-refractivity contribution >= 4 is 43.2 Å². The third kappa shape index (κ3) is 2.89. The molecule has 1 heterocycles. The Morgan fingerprint density at radius 3 is 2.42 bits per heavy atom. The van der Waals surface area contributed by atoms with E-state index in [1.54, 1.807) is 18.4 Å². The predicted octanol–water partition coefficient (Wildman–Crippen LogP) is 4.98. The second-order valence-corrected chi connectivity index (χ2v) is 8.06. The number of ether oxygens (including phenoxy) is 1. The summed E-state index contributed by atoms with van der Waals surface area (Å²) in [7, 11) is 1.64. The first-order valence-electron chi connectivity index (χ1n) is 5.72. The van der Waals surface area contributed by atoms with Crippen molar-refractivity contribution in [1.82, 2.24) is 0 Å². The van der Waals surface area contributed by atoms with Crippen molar-refractivity contribution in [3.05, 3.63) is 48.0 Å². The van der Waals surface area contributed by atoms with Gasteiger partial charge in [0.05, 0.1) is 14.7 Å². The Morgan fingerprint density at radius 2 is 1.89 bits per heavy atom. The van der Waals surface area contributed by atoms with Gasteiger partial charge in [-0.15, -0.1) is 11.3 Å². The molecule has 0 aliphatic rings. The Bertz CT molecular complexity index is 608. The summed E-state index contributed by atoms with van der Waals surface area (Å²) in [5, 5.41) is 10.6. The Hall–Kier alpha value is -0.360. The van der Waals surface area contributed by atoms with Crippen LogP contribution in [0.4, 0.5) is 0 Å². The molecule has 2 rings (SSSR count). The monoisotopic (exact) mass is 404 g/mol. The average Bonchev–Trinajstić information content (AvgIpc) is 2.71. The van der Waals surface area contributed by atoms with E-state index in [1.165, 1.54) is 0 Å². The highest BCUT2D eigenvalue weighted by molar-refractivity contribution is 9.12. The molecule has 0 radical (unpaired) electrons. The summed E-state index contributed by atoms with van der Waals surface area (Å²) in [6.07, 6.45) is -0.703. The lowest BCUT2D eigenvalue weighted by molar-refractivity contribution is 0.214. The summed E-state index contributed by atoms with van der Waals surface area (Å²) in [4.78, 5) is 0. The molecule has 0 aliphatic heterocycles. The van der Waals surface area contributed by atoms with Crippen molar-refractivity contribution in [3.63, 3.8) is 0 Å². The maximum atomic E-state index is 10.6. The van der Waals surface area contributed by atoms with E-state index < -0.39 is 6.10 Å². The fraction of sp³-hybridized carbons (Fsp3) is 0.286. The van der Waals surface area contributed by atoms with Crippen LogP contribution in [-0.2, 0) is 0 Å². The normalized spacial score (nSPS) is 12.5. The molecule has 0 amide bonds. The fourth-order valence-electron chi connectivity index (χ4n) is 2.00. The zero-order valence-electron chi connectivity index (χ0n) is 10.8. The number of aliphatic hydroxyl groups excluding tert-OH is 1. The molecule has 0 bridgehead atoms. The smallest absolute Gasteiger partial charge is 0.128 e. The Kier molecular flexibility index (Phi) is 4.71. The summed E-state index contributed by atoms with van der Waals surface area (Å²) < 4.78 is 7.37. The fourth-order valence-corrected chi connectivity index (χ4v) is 4.89. The van der Waals surface area contributed by atoms with Gasteiger partial charge in [0.1, 0.15) is 11.9 Å². The second-order valence-electron chi connectivity index (χ2n) is 4.31. The highest BCUT2D eigenvalue weighted by atomic mass is 79.9. The van der Waals surface area contributed by atoms with Crippen molar-refractivity contribution in [2.75, 3.05) is 7.11 Å². The largest absolute Gasteiger partial charge is 0.496 e. The lowest BCUT2D eigenvalue weighted by atomic mass is 9.98. The molecule has 0 saturated carbocycles. The summed E-state index contributed by atoms with van der Waals surface area (Å²) in [6.45, 7) is 4.04. The molecule has 1 atom stereocenters. The van der Waals surface area contributed by atoms with Crippen LogP contribution in [0.25, 0.3) is 0 Å². The van der Waals surface area contributed by atoms with Gasteiger partial charge in [0.25, 0.3) is 0 Å². The lowest BCUT2D eigenvalue weighted by Gasteiger charge is -2.17. The van der Waals surface area contributed by atoms with Crippen LogP contribution in [0.2, 0.25) is 0 Å². The minimum Gasteiger partial charge on any atom is -0.496 e. The van der Waals surface area contributed by atoms with E-state index in [1.807, 2.05) is 32.0 Å². The molecule has 0 aliphatic carbocycles. The van der Waals surface area contributed by atoms with Crippen molar-refractivity contribution in [3.8, 4) is 5.75 Å². The number of halogens is 2. The second kappa shape index (κ2) is 5.95. The first-order chi connectivity index (χ1) is 8.95. The molecule has 5 heteroatoms. The van der Waals surface area contributed by atoms with E-state index >= 15 is 0 Å². The van der Waals surface area contributed by atoms with Crippen LogP contribution in [-0.4, -0.2) is 12.2 Å². The number of aliphatic hydroxyl groups is 1. The van der Waals surface area contributed by atoms with Gasteiger partial charge >= 0.3 is 0 Å². The minimum absolute atomic E-state index is 0.703. The summed E-state index contributed by atoms with van der Waals surface area (Å²) in [5.41, 5.74) is 3.85. The molecule has 0 spiro atoms. The van der Waals surface area contributed by atoms with E-state index in [2.05, 4.69) is 31.9 Å². The molecule has 2 nitrogen and oxygen atoms in total. The number of rotatable bonds is 3. The molecule has 2 aromatic rings. The van der Waals surface area contributed by atoms with Gasteiger partial charge < -0.3 is 9.84 Å². The number of methoxy groups -OCH3 is 1. The van der Waals surface area contributed by atoms with Crippen molar-refractivity contribution < 1.29 is 9.84 Å². The van der Waals surface area contributed by atoms with Crippen LogP contribution in [0.3, 0.4) is 0 Å². The van der Waals surface area contributed by atoms with Gasteiger partial charge in [-0.3, -0.25) is 0 Å². The van der Waals surface area contributed by atoms with Gasteiger partial charge in [-0.1, -0.05) is 12.1 Å². The number of aryl methyl sites for hydroxylation is 1. The van der Waals surface area contributed by atoms with E-state index in [9.17, 15) is 5.11 Å². The SMILES string of the molecule is COc1c(C(O)c2cc(Br)sc2Br)ccc(C)c1C. The van der Waals surface area contributed by atoms with Gasteiger partial charge in [0.2, 0.25) is 0 Å². The molecule has 19 heavy (non-hydrogen) atoms. The van der Waals surface area contributed by atoms with Crippen molar-refractivity contribution in [2.45, 2.75) is 20.0 Å². The van der Waals surface area contributed by atoms with Gasteiger partial charge in [-0.05, 0) is 62.9 Å². The molecular formula is C14H14Br2O2S. The highest BCUT2D eigenvalue weighted by Gasteiger charge is 2.21. The minimum atomic E-state index is -0.703. The van der Waals surface area contributed by atoms with Crippen LogP contribution < -0.4 is 4.74 Å². The third-order valence-corrected chi connectivity index (χ3v) is 5.57. The Balaban J connectivity index is 2.53. The van der Waals surface area contributed by atoms with E-state index in [-0.39, 0.29) is 0 Å². The zero-order valence-corrected chi connectivity index (χ0v) is 14.8. The first-order valence-corrected chi connectivity index (χ1v) is 8.12. The molecule has 1 unspecified atom stereocenters. The number of hydrogen-bond donors (Lipinski definition) is 1. The van der Waals surface area contributed by atoms with Crippen LogP contribution in [0.1, 0.15) is 28.4 Å². The molecule has 0 fully saturated rings. The summed E-state index contributed by atoms with van der Waals surface area (Å²) in [6, 6.07) is 5.85. The van der Waals surface area contributed by atoms with Gasteiger partial charge in [-0.25, -0.2) is 0 Å². The van der Waals surface area contributed by atoms with E-state index in [0.717, 1.165) is 35.6 Å². The number of benzene rings is 1. The molecule has 0 saturated heterocycles. The van der Waals surface area contributed by atoms with Crippen molar-refractivity contribution in [2.24, 2.45) is 0 Å². The molecular weight excluding hydrogens is 392 g/mol. The topological polar surface area (TPSA) is 29.5 Å². The quantitative estimate of drug-likeness (QED) is 0.780. The molecule has 1 aromatic heterocycles. The van der Waals surface area contributed by atoms with Gasteiger partial charge in [0.15, 0.2) is 0 Å². The highest BCUT2D eigenvalue weighted by Crippen LogP contribution is 2.41. The lowest BCUT2D eigenvalue weighted by Crippen LogP contribution is -2.04. The van der Waals surface area contributed by atoms with Crippen LogP contribution in [0, 0.1) is 13.8 Å². The van der Waals surface area contributed by atoms with Crippen LogP contribution in [0.15, 0.2) is 25.8 Å². The maximum absolute atomic E-state index is 10.6. The molecule has 102 valence electrons. The van der Waals surface area contributed by atoms with E-state index in [4.69, 9.17) is 4.74 Å². The first kappa shape index (κ1) is 15.0. The predicted molar refractivity (Wildman–Crippen MR) is 86.2 cm³/mol. The van der Waals surface area contributed by atoms with E-state index in [0.29, 0.717) is 0 Å². The van der Waals surface area contributed by atoms with Crippen molar-refractivity contribution in [1.29, 1.82) is 0 Å². The average molecular weight is 406 g/mol. The standard InChI is InChI=1S/C14H14Br2O2S/c1-7-4-5-9(13(18-3)8(7)2)12(17)10-6-11(15)19-14(10)16/h4-6,12,17H,1-3H3. The maximum Gasteiger partial charge on any atom is 0.128 e. The van der Waals surface area contributed by atoms with Gasteiger partial charge in [-0.2, -0.15) is 0 Å². The number of hydrogen-bond acceptors (Lipinski definition) is 3. The Labute approximate surface area is 133 Å². The summed E-state index contributed by atoms with van der Waals surface area (Å²) >= 11 is 8.46. The molecule has 1 aromatic carbocycles. The number of thiophene rings is 1. The Morgan fingerprint density at radius 1 is 1.21 bits per heavy atom. The summed E-state index contributed by atoms with van der Waals surface area (Å²) in [5.74, 6) is 0.752. The zero-order chi connectivity index (χ0) is 14.2.